The van der Waals surface area contributed by atoms with E-state index in [9.17, 15) is 13.2 Å². The highest BCUT2D eigenvalue weighted by Crippen LogP contribution is 2.06. The van der Waals surface area contributed by atoms with Crippen LogP contribution in [-0.2, 0) is 10.0 Å². The Balaban J connectivity index is 2.67. The lowest BCUT2D eigenvalue weighted by Gasteiger charge is -2.20. The van der Waals surface area contributed by atoms with Gasteiger partial charge in [0.05, 0.1) is 5.56 Å². The number of aromatic carboxylic acids is 1. The van der Waals surface area contributed by atoms with Crippen LogP contribution in [0.25, 0.3) is 0 Å². The number of hydrogen-bond acceptors (Lipinski definition) is 5. The van der Waals surface area contributed by atoms with Crippen molar-refractivity contribution in [3.8, 4) is 0 Å². The van der Waals surface area contributed by atoms with Gasteiger partial charge >= 0.3 is 5.97 Å². The molecule has 0 unspecified atom stereocenters. The molecular weight excluding hydrogens is 282 g/mol. The Kier molecular flexibility index (Phi) is 5.61. The van der Waals surface area contributed by atoms with E-state index in [1.54, 1.807) is 0 Å². The van der Waals surface area contributed by atoms with Crippen LogP contribution in [0.3, 0.4) is 0 Å². The van der Waals surface area contributed by atoms with Gasteiger partial charge < -0.3 is 10.0 Å². The molecule has 7 nitrogen and oxygen atoms in total. The first-order chi connectivity index (χ1) is 9.24. The summed E-state index contributed by atoms with van der Waals surface area (Å²) in [5.41, 5.74) is -0.0523. The molecule has 0 saturated heterocycles. The van der Waals surface area contributed by atoms with Crippen LogP contribution in [0.4, 0.5) is 0 Å². The van der Waals surface area contributed by atoms with Gasteiger partial charge in [0.2, 0.25) is 0 Å². The molecule has 0 aliphatic rings. The first-order valence-electron chi connectivity index (χ1n) is 6.13. The molecule has 0 aliphatic carbocycles. The summed E-state index contributed by atoms with van der Waals surface area (Å²) in [6.07, 6.45) is 1.02. The molecule has 0 aliphatic heterocycles. The van der Waals surface area contributed by atoms with Gasteiger partial charge in [-0.1, -0.05) is 0 Å². The lowest BCUT2D eigenvalue weighted by Crippen LogP contribution is -2.36. The Morgan fingerprint density at radius 2 is 2.10 bits per heavy atom. The van der Waals surface area contributed by atoms with Crippen molar-refractivity contribution in [2.75, 3.05) is 20.1 Å². The smallest absolute Gasteiger partial charge is 0.337 e. The van der Waals surface area contributed by atoms with E-state index in [2.05, 4.69) is 9.71 Å². The van der Waals surface area contributed by atoms with Crippen LogP contribution >= 0.6 is 0 Å². The molecule has 112 valence electrons. The van der Waals surface area contributed by atoms with Gasteiger partial charge in [-0.2, -0.15) is 0 Å². The third-order valence-electron chi connectivity index (χ3n) is 2.90. The molecule has 1 rings (SSSR count). The largest absolute Gasteiger partial charge is 0.478 e. The summed E-state index contributed by atoms with van der Waals surface area (Å²) >= 11 is 0. The number of carboxylic acids is 1. The summed E-state index contributed by atoms with van der Waals surface area (Å²) in [5, 5.41) is 8.54. The summed E-state index contributed by atoms with van der Waals surface area (Å²) in [4.78, 5) is 16.3. The second kappa shape index (κ2) is 6.78. The highest BCUT2D eigenvalue weighted by Gasteiger charge is 2.16. The number of nitrogens with one attached hydrogen (secondary N) is 1. The fourth-order valence-corrected chi connectivity index (χ4v) is 2.30. The number of rotatable bonds is 7. The van der Waals surface area contributed by atoms with Crippen molar-refractivity contribution >= 4 is 16.0 Å². The molecule has 0 atom stereocenters. The molecule has 0 amide bonds. The van der Waals surface area contributed by atoms with E-state index >= 15 is 0 Å². The molecule has 1 aromatic heterocycles. The molecule has 8 heteroatoms. The molecule has 0 radical (unpaired) electrons. The van der Waals surface area contributed by atoms with Crippen LogP contribution in [0, 0.1) is 0 Å². The first-order valence-corrected chi connectivity index (χ1v) is 7.61. The van der Waals surface area contributed by atoms with Crippen molar-refractivity contribution < 1.29 is 18.3 Å². The molecule has 0 bridgehead atoms. The van der Waals surface area contributed by atoms with Gasteiger partial charge in [0.1, 0.15) is 0 Å². The highest BCUT2D eigenvalue weighted by molar-refractivity contribution is 7.89. The average Bonchev–Trinajstić information content (AvgIpc) is 2.38. The van der Waals surface area contributed by atoms with Crippen molar-refractivity contribution in [3.63, 3.8) is 0 Å². The van der Waals surface area contributed by atoms with E-state index < -0.39 is 16.0 Å². The van der Waals surface area contributed by atoms with Gasteiger partial charge in [0, 0.05) is 25.3 Å². The van der Waals surface area contributed by atoms with Crippen molar-refractivity contribution in [2.45, 2.75) is 24.9 Å². The van der Waals surface area contributed by atoms with Crippen LogP contribution in [0.5, 0.6) is 0 Å². The van der Waals surface area contributed by atoms with Crippen molar-refractivity contribution in [3.05, 3.63) is 23.9 Å². The summed E-state index contributed by atoms with van der Waals surface area (Å²) in [7, 11) is -1.80. The van der Waals surface area contributed by atoms with Crippen LogP contribution in [-0.4, -0.2) is 55.6 Å². The highest BCUT2D eigenvalue weighted by atomic mass is 32.2. The molecule has 2 N–H and O–H groups in total. The SMILES string of the molecule is CC(C)N(C)CCNS(=O)(=O)c1ccc(C(=O)O)cn1. The molecule has 1 aromatic rings. The number of aromatic nitrogens is 1. The lowest BCUT2D eigenvalue weighted by molar-refractivity contribution is 0.0696. The van der Waals surface area contributed by atoms with Gasteiger partial charge in [0.15, 0.2) is 5.03 Å². The lowest BCUT2D eigenvalue weighted by atomic mass is 10.3. The van der Waals surface area contributed by atoms with E-state index in [0.717, 1.165) is 6.20 Å². The molecule has 20 heavy (non-hydrogen) atoms. The molecule has 1 heterocycles. The molecule has 0 saturated carbocycles. The second-order valence-electron chi connectivity index (χ2n) is 4.66. The third-order valence-corrected chi connectivity index (χ3v) is 4.27. The number of carbonyl (C=O) groups is 1. The number of pyridine rings is 1. The van der Waals surface area contributed by atoms with E-state index in [-0.39, 0.29) is 17.1 Å². The van der Waals surface area contributed by atoms with Crippen molar-refractivity contribution in [1.29, 1.82) is 0 Å². The van der Waals surface area contributed by atoms with Crippen LogP contribution in [0.1, 0.15) is 24.2 Å². The fourth-order valence-electron chi connectivity index (χ4n) is 1.35. The zero-order valence-electron chi connectivity index (χ0n) is 11.7. The Morgan fingerprint density at radius 3 is 2.55 bits per heavy atom. The summed E-state index contributed by atoms with van der Waals surface area (Å²) in [6, 6.07) is 2.72. The minimum atomic E-state index is -3.70. The molecular formula is C12H19N3O4S. The van der Waals surface area contributed by atoms with Gasteiger partial charge in [0.25, 0.3) is 10.0 Å². The predicted octanol–water partition coefficient (Wildman–Crippen LogP) is 0.398. The van der Waals surface area contributed by atoms with E-state index in [0.29, 0.717) is 12.6 Å². The number of nitrogens with zero attached hydrogens (tertiary/aromatic N) is 2. The normalized spacial score (nSPS) is 12.1. The standard InChI is InChI=1S/C12H19N3O4S/c1-9(2)15(3)7-6-14-20(18,19)11-5-4-10(8-13-11)12(16)17/h4-5,8-9,14H,6-7H2,1-3H3,(H,16,17). The Labute approximate surface area is 118 Å². The number of carboxylic acid groups (broad SMARTS) is 1. The topological polar surface area (TPSA) is 99.6 Å². The monoisotopic (exact) mass is 301 g/mol. The second-order valence-corrected chi connectivity index (χ2v) is 6.38. The maximum atomic E-state index is 11.9. The van der Waals surface area contributed by atoms with Gasteiger partial charge in [-0.3, -0.25) is 0 Å². The Hall–Kier alpha value is -1.51. The van der Waals surface area contributed by atoms with E-state index in [4.69, 9.17) is 5.11 Å². The third kappa shape index (κ3) is 4.55. The summed E-state index contributed by atoms with van der Waals surface area (Å²) in [6.45, 7) is 4.87. The van der Waals surface area contributed by atoms with Crippen LogP contribution in [0.15, 0.2) is 23.4 Å². The number of hydrogen-bond donors (Lipinski definition) is 2. The summed E-state index contributed by atoms with van der Waals surface area (Å²) in [5.74, 6) is -1.15. The van der Waals surface area contributed by atoms with Crippen molar-refractivity contribution in [2.24, 2.45) is 0 Å². The Bertz CT molecular complexity index is 555. The number of sulfonamides is 1. The molecule has 0 spiro atoms. The first kappa shape index (κ1) is 16.5. The minimum absolute atomic E-state index is 0.0523. The van der Waals surface area contributed by atoms with E-state index in [1.807, 2.05) is 25.8 Å². The van der Waals surface area contributed by atoms with Crippen LogP contribution < -0.4 is 4.72 Å². The zero-order chi connectivity index (χ0) is 15.3. The molecule has 0 aromatic carbocycles. The average molecular weight is 301 g/mol. The van der Waals surface area contributed by atoms with Gasteiger partial charge in [-0.05, 0) is 33.0 Å². The quantitative estimate of drug-likeness (QED) is 0.756. The van der Waals surface area contributed by atoms with Crippen molar-refractivity contribution in [1.82, 2.24) is 14.6 Å². The Morgan fingerprint density at radius 1 is 1.45 bits per heavy atom. The fraction of sp³-hybridized carbons (Fsp3) is 0.500. The van der Waals surface area contributed by atoms with Gasteiger partial charge in [-0.15, -0.1) is 0 Å². The minimum Gasteiger partial charge on any atom is -0.478 e. The number of likely N-dealkylation sites (N-methyl/N-ethyl adjacent to an activating group) is 1. The summed E-state index contributed by atoms with van der Waals surface area (Å²) < 4.78 is 26.3. The predicted molar refractivity (Wildman–Crippen MR) is 74.2 cm³/mol. The maximum Gasteiger partial charge on any atom is 0.337 e. The molecule has 0 fully saturated rings. The van der Waals surface area contributed by atoms with Gasteiger partial charge in [-0.25, -0.2) is 22.9 Å². The van der Waals surface area contributed by atoms with E-state index in [1.165, 1.54) is 12.1 Å². The maximum absolute atomic E-state index is 11.9. The zero-order valence-corrected chi connectivity index (χ0v) is 12.5. The van der Waals surface area contributed by atoms with Crippen LogP contribution in [0.2, 0.25) is 0 Å².